The molecule has 2 aliphatic heterocycles. The van der Waals surface area contributed by atoms with Gasteiger partial charge in [-0.05, 0) is 84.6 Å². The number of nitrogens with zero attached hydrogens (tertiary/aromatic N) is 6. The average molecular weight is 635 g/mol. The van der Waals surface area contributed by atoms with Crippen molar-refractivity contribution in [2.24, 2.45) is 7.05 Å². The molecule has 0 radical (unpaired) electrons. The normalized spacial score (nSPS) is 16.6. The number of piperazine rings is 1. The van der Waals surface area contributed by atoms with Crippen LogP contribution < -0.4 is 9.64 Å². The van der Waals surface area contributed by atoms with E-state index in [-0.39, 0.29) is 5.75 Å². The molecule has 3 aromatic heterocycles. The van der Waals surface area contributed by atoms with Gasteiger partial charge >= 0.3 is 12.0 Å². The van der Waals surface area contributed by atoms with Gasteiger partial charge in [0, 0.05) is 67.0 Å². The van der Waals surface area contributed by atoms with Gasteiger partial charge in [-0.25, -0.2) is 14.2 Å². The maximum atomic E-state index is 15.7. The standard InChI is InChI=1S/C34H43FN6O5/c1-18(2)40-11-13-41(14-12-40)33-38-37-31(45-33)25-17-23-27(22-16-24(35)28-21(19(22)3)10-9-15-44-28)26(20(4)36-30(23)39(25)8)29(32(42)43)46-34(5,6)7/h16-18,29H,9-15H2,1-8H3,(H,42,43)/t29-/m0/s1. The summed E-state index contributed by atoms with van der Waals surface area (Å²) in [5.41, 5.74) is 3.99. The van der Waals surface area contributed by atoms with E-state index in [1.165, 1.54) is 6.07 Å². The first-order valence-electron chi connectivity index (χ1n) is 15.9. The molecule has 4 aromatic rings. The number of carboxylic acid groups (broad SMARTS) is 1. The van der Waals surface area contributed by atoms with Gasteiger partial charge < -0.3 is 28.5 Å². The molecular formula is C34H43FN6O5. The quantitative estimate of drug-likeness (QED) is 0.266. The first-order chi connectivity index (χ1) is 21.7. The largest absolute Gasteiger partial charge is 0.490 e. The van der Waals surface area contributed by atoms with E-state index < -0.39 is 23.5 Å². The summed E-state index contributed by atoms with van der Waals surface area (Å²) in [6.07, 6.45) is 0.0663. The molecule has 11 nitrogen and oxygen atoms in total. The number of fused-ring (bicyclic) bond motifs is 2. The Kier molecular flexibility index (Phi) is 8.30. The molecular weight excluding hydrogens is 591 g/mol. The number of ether oxygens (including phenoxy) is 2. The van der Waals surface area contributed by atoms with E-state index in [4.69, 9.17) is 18.9 Å². The molecule has 1 atom stereocenters. The maximum absolute atomic E-state index is 15.7. The molecule has 0 saturated carbocycles. The second-order valence-electron chi connectivity index (χ2n) is 13.6. The molecule has 1 saturated heterocycles. The van der Waals surface area contributed by atoms with Gasteiger partial charge in [0.05, 0.1) is 12.2 Å². The third-order valence-electron chi connectivity index (χ3n) is 9.02. The van der Waals surface area contributed by atoms with Crippen LogP contribution in [0.25, 0.3) is 33.7 Å². The maximum Gasteiger partial charge on any atom is 0.337 e. The highest BCUT2D eigenvalue weighted by atomic mass is 19.1. The lowest BCUT2D eigenvalue weighted by atomic mass is 9.86. The fraction of sp³-hybridized carbons (Fsp3) is 0.529. The second kappa shape index (κ2) is 12.0. The molecule has 1 aromatic carbocycles. The number of hydrogen-bond acceptors (Lipinski definition) is 9. The lowest BCUT2D eigenvalue weighted by molar-refractivity contribution is -0.160. The molecule has 1 fully saturated rings. The Hall–Kier alpha value is -4.03. The Morgan fingerprint density at radius 1 is 1.11 bits per heavy atom. The minimum atomic E-state index is -1.36. The number of benzene rings is 1. The summed E-state index contributed by atoms with van der Waals surface area (Å²) in [6, 6.07) is 4.24. The number of halogens is 1. The molecule has 0 unspecified atom stereocenters. The summed E-state index contributed by atoms with van der Waals surface area (Å²) in [5, 5.41) is 19.9. The Labute approximate surface area is 268 Å². The summed E-state index contributed by atoms with van der Waals surface area (Å²) in [7, 11) is 1.85. The number of hydrogen-bond donors (Lipinski definition) is 1. The average Bonchev–Trinajstić information content (AvgIpc) is 3.62. The van der Waals surface area contributed by atoms with E-state index in [1.54, 1.807) is 6.92 Å². The van der Waals surface area contributed by atoms with Crippen molar-refractivity contribution in [1.29, 1.82) is 0 Å². The third kappa shape index (κ3) is 5.72. The van der Waals surface area contributed by atoms with Gasteiger partial charge in [0.25, 0.3) is 5.89 Å². The van der Waals surface area contributed by atoms with Crippen molar-refractivity contribution < 1.29 is 28.2 Å². The Bertz CT molecular complexity index is 1800. The van der Waals surface area contributed by atoms with Crippen LogP contribution in [0, 0.1) is 19.7 Å². The van der Waals surface area contributed by atoms with Crippen LogP contribution in [0.5, 0.6) is 5.75 Å². The molecule has 6 rings (SSSR count). The van der Waals surface area contributed by atoms with Crippen molar-refractivity contribution in [2.45, 2.75) is 79.1 Å². The number of aromatic nitrogens is 4. The molecule has 2 aliphatic rings. The molecule has 12 heteroatoms. The minimum Gasteiger partial charge on any atom is -0.490 e. The molecule has 1 N–H and O–H groups in total. The summed E-state index contributed by atoms with van der Waals surface area (Å²) >= 11 is 0. The van der Waals surface area contributed by atoms with E-state index in [1.807, 2.05) is 45.4 Å². The monoisotopic (exact) mass is 634 g/mol. The van der Waals surface area contributed by atoms with Crippen molar-refractivity contribution in [3.05, 3.63) is 40.3 Å². The molecule has 0 aliphatic carbocycles. The molecule has 0 amide bonds. The molecule has 0 bridgehead atoms. The number of carboxylic acids is 1. The van der Waals surface area contributed by atoms with Gasteiger partial charge in [-0.1, -0.05) is 5.10 Å². The van der Waals surface area contributed by atoms with Crippen LogP contribution in [0.15, 0.2) is 16.5 Å². The van der Waals surface area contributed by atoms with E-state index in [0.717, 1.165) is 43.7 Å². The fourth-order valence-corrected chi connectivity index (χ4v) is 6.65. The number of aryl methyl sites for hydroxylation is 2. The minimum absolute atomic E-state index is 0.262. The summed E-state index contributed by atoms with van der Waals surface area (Å²) in [4.78, 5) is 22.2. The number of carbonyl (C=O) groups is 1. The van der Waals surface area contributed by atoms with Crippen molar-refractivity contribution in [3.63, 3.8) is 0 Å². The van der Waals surface area contributed by atoms with Gasteiger partial charge in [0.15, 0.2) is 17.7 Å². The summed E-state index contributed by atoms with van der Waals surface area (Å²) < 4.78 is 35.7. The molecule has 5 heterocycles. The Morgan fingerprint density at radius 3 is 2.48 bits per heavy atom. The zero-order valence-electron chi connectivity index (χ0n) is 27.9. The zero-order chi connectivity index (χ0) is 33.1. The van der Waals surface area contributed by atoms with Gasteiger partial charge in [-0.15, -0.1) is 5.10 Å². The van der Waals surface area contributed by atoms with Crippen LogP contribution in [0.1, 0.15) is 69.5 Å². The highest BCUT2D eigenvalue weighted by Crippen LogP contribution is 2.45. The van der Waals surface area contributed by atoms with Crippen molar-refractivity contribution in [3.8, 4) is 28.5 Å². The van der Waals surface area contributed by atoms with Crippen LogP contribution in [-0.2, 0) is 23.0 Å². The molecule has 246 valence electrons. The van der Waals surface area contributed by atoms with Gasteiger partial charge in [-0.2, -0.15) is 0 Å². The van der Waals surface area contributed by atoms with Crippen LogP contribution >= 0.6 is 0 Å². The highest BCUT2D eigenvalue weighted by molar-refractivity contribution is 6.01. The van der Waals surface area contributed by atoms with E-state index in [0.29, 0.717) is 70.1 Å². The van der Waals surface area contributed by atoms with Crippen LogP contribution in [0.4, 0.5) is 10.4 Å². The van der Waals surface area contributed by atoms with Gasteiger partial charge in [0.1, 0.15) is 11.3 Å². The van der Waals surface area contributed by atoms with Gasteiger partial charge in [-0.3, -0.25) is 4.90 Å². The molecule has 46 heavy (non-hydrogen) atoms. The van der Waals surface area contributed by atoms with Crippen molar-refractivity contribution in [1.82, 2.24) is 24.6 Å². The van der Waals surface area contributed by atoms with E-state index >= 15 is 4.39 Å². The number of pyridine rings is 1. The van der Waals surface area contributed by atoms with E-state index in [9.17, 15) is 9.90 Å². The SMILES string of the molecule is Cc1nc2c(cc(-c3nnc(N4CCN(C(C)C)CC4)o3)n2C)c(-c2cc(F)c3c(c2C)CCCO3)c1[C@H](OC(C)(C)C)C(=O)O. The van der Waals surface area contributed by atoms with Crippen LogP contribution in [-0.4, -0.2) is 80.2 Å². The topological polar surface area (TPSA) is 119 Å². The smallest absolute Gasteiger partial charge is 0.337 e. The highest BCUT2D eigenvalue weighted by Gasteiger charge is 2.35. The third-order valence-corrected chi connectivity index (χ3v) is 9.02. The van der Waals surface area contributed by atoms with Crippen LogP contribution in [0.3, 0.4) is 0 Å². The molecule has 0 spiro atoms. The van der Waals surface area contributed by atoms with Gasteiger partial charge in [0.2, 0.25) is 0 Å². The Morgan fingerprint density at radius 2 is 1.83 bits per heavy atom. The van der Waals surface area contributed by atoms with Crippen molar-refractivity contribution >= 4 is 23.0 Å². The van der Waals surface area contributed by atoms with Crippen LogP contribution in [0.2, 0.25) is 0 Å². The first kappa shape index (κ1) is 31.9. The number of rotatable bonds is 7. The summed E-state index contributed by atoms with van der Waals surface area (Å²) in [6.45, 7) is 17.3. The number of anilines is 1. The Balaban J connectivity index is 1.54. The lowest BCUT2D eigenvalue weighted by Crippen LogP contribution is -2.49. The van der Waals surface area contributed by atoms with Crippen molar-refractivity contribution in [2.75, 3.05) is 37.7 Å². The predicted molar refractivity (Wildman–Crippen MR) is 173 cm³/mol. The lowest BCUT2D eigenvalue weighted by Gasteiger charge is -2.35. The zero-order valence-corrected chi connectivity index (χ0v) is 27.9. The summed E-state index contributed by atoms with van der Waals surface area (Å²) in [5.74, 6) is -1.06. The second-order valence-corrected chi connectivity index (χ2v) is 13.6. The number of aliphatic carboxylic acids is 1. The van der Waals surface area contributed by atoms with E-state index in [2.05, 4.69) is 33.8 Å². The fourth-order valence-electron chi connectivity index (χ4n) is 6.65. The first-order valence-corrected chi connectivity index (χ1v) is 15.9. The predicted octanol–water partition coefficient (Wildman–Crippen LogP) is 5.84.